The van der Waals surface area contributed by atoms with Gasteiger partial charge in [0.1, 0.15) is 46.1 Å². The van der Waals surface area contributed by atoms with Crippen LogP contribution in [0.2, 0.25) is 5.02 Å². The third-order valence-electron chi connectivity index (χ3n) is 6.62. The van der Waals surface area contributed by atoms with Crippen molar-refractivity contribution in [3.63, 3.8) is 0 Å². The third-order valence-corrected chi connectivity index (χ3v) is 7.86. The Bertz CT molecular complexity index is 1890. The number of halogens is 2. The molecule has 0 aliphatic carbocycles. The minimum atomic E-state index is -3.01. The quantitative estimate of drug-likeness (QED) is 0.150. The molecule has 0 unspecified atom stereocenters. The van der Waals surface area contributed by atoms with Crippen molar-refractivity contribution in [2.45, 2.75) is 13.2 Å². The molecule has 0 bridgehead atoms. The second kappa shape index (κ2) is 15.0. The number of ether oxygens (including phenoxy) is 2. The van der Waals surface area contributed by atoms with E-state index in [2.05, 4.69) is 25.3 Å². The highest BCUT2D eigenvalue weighted by atomic mass is 35.5. The lowest BCUT2D eigenvalue weighted by Gasteiger charge is -2.13. The number of fused-ring (bicyclic) bond motifs is 1. The number of pyridine rings is 1. The fourth-order valence-electron chi connectivity index (χ4n) is 4.41. The Balaban J connectivity index is 0.000000729. The van der Waals surface area contributed by atoms with Gasteiger partial charge in [-0.25, -0.2) is 12.8 Å². The van der Waals surface area contributed by atoms with Gasteiger partial charge in [-0.1, -0.05) is 23.7 Å². The number of nitrogens with one attached hydrogen (secondary N) is 2. The minimum absolute atomic E-state index is 0.0733. The summed E-state index contributed by atoms with van der Waals surface area (Å²) >= 11 is 6.49. The molecule has 12 heteroatoms. The van der Waals surface area contributed by atoms with Crippen LogP contribution in [-0.4, -0.2) is 51.5 Å². The van der Waals surface area contributed by atoms with Crippen molar-refractivity contribution in [3.05, 3.63) is 107 Å². The third kappa shape index (κ3) is 9.52. The maximum Gasteiger partial charge on any atom is 0.169 e. The minimum Gasteiger partial charge on any atom is -0.487 e. The lowest BCUT2D eigenvalue weighted by atomic mass is 10.1. The lowest BCUT2D eigenvalue weighted by Crippen LogP contribution is -2.21. The van der Waals surface area contributed by atoms with Gasteiger partial charge < -0.3 is 24.5 Å². The standard InChI is InChI=1S/C30H27ClFN3O4S.C3H5NO/c1-40(36,37)14-13-33-18-24-7-10-29(39-24)21-5-8-27-25(16-21)28(11-12-34-27)35-23-6-9-30(26(31)17-23)38-19-20-3-2-4-22(32)15-20;1-2-5-3-4-1/h2-12,15-17,33H,13-14,18-19H2,1H3,(H,34,35);3H,1-2H2. The van der Waals surface area contributed by atoms with Crippen LogP contribution in [-0.2, 0) is 27.7 Å². The molecule has 9 nitrogen and oxygen atoms in total. The Hall–Kier alpha value is -4.45. The Labute approximate surface area is 266 Å². The molecule has 5 aromatic rings. The van der Waals surface area contributed by atoms with E-state index in [1.165, 1.54) is 24.8 Å². The zero-order chi connectivity index (χ0) is 31.6. The number of hydrogen-bond donors (Lipinski definition) is 2. The number of sulfone groups is 1. The van der Waals surface area contributed by atoms with Crippen molar-refractivity contribution in [3.8, 4) is 17.1 Å². The summed E-state index contributed by atoms with van der Waals surface area (Å²) in [4.78, 5) is 8.22. The van der Waals surface area contributed by atoms with Crippen molar-refractivity contribution in [2.75, 3.05) is 37.0 Å². The van der Waals surface area contributed by atoms with Gasteiger partial charge in [-0.3, -0.25) is 9.98 Å². The van der Waals surface area contributed by atoms with Gasteiger partial charge >= 0.3 is 0 Å². The molecular weight excluding hydrogens is 619 g/mol. The van der Waals surface area contributed by atoms with Gasteiger partial charge in [0.05, 0.1) is 29.4 Å². The summed E-state index contributed by atoms with van der Waals surface area (Å²) in [5, 5.41) is 7.82. The summed E-state index contributed by atoms with van der Waals surface area (Å²) in [6, 6.07) is 23.2. The van der Waals surface area contributed by atoms with Crippen LogP contribution >= 0.6 is 11.6 Å². The fraction of sp³-hybridized carbons (Fsp3) is 0.212. The van der Waals surface area contributed by atoms with Gasteiger partial charge in [0.15, 0.2) is 6.40 Å². The van der Waals surface area contributed by atoms with E-state index in [0.29, 0.717) is 40.9 Å². The van der Waals surface area contributed by atoms with Gasteiger partial charge in [-0.2, -0.15) is 0 Å². The molecule has 0 saturated carbocycles. The number of hydrogen-bond acceptors (Lipinski definition) is 9. The van der Waals surface area contributed by atoms with E-state index in [1.807, 2.05) is 42.5 Å². The van der Waals surface area contributed by atoms with Crippen LogP contribution in [0, 0.1) is 5.82 Å². The molecule has 1 aliphatic heterocycles. The topological polar surface area (TPSA) is 115 Å². The van der Waals surface area contributed by atoms with E-state index in [0.717, 1.165) is 41.0 Å². The summed E-state index contributed by atoms with van der Waals surface area (Å²) in [5.74, 6) is 1.66. The molecule has 0 radical (unpaired) electrons. The molecule has 2 N–H and O–H groups in total. The molecule has 0 spiro atoms. The second-order valence-electron chi connectivity index (χ2n) is 10.2. The average molecular weight is 651 g/mol. The summed E-state index contributed by atoms with van der Waals surface area (Å²) < 4.78 is 52.5. The van der Waals surface area contributed by atoms with E-state index in [4.69, 9.17) is 20.8 Å². The molecule has 0 atom stereocenters. The summed E-state index contributed by atoms with van der Waals surface area (Å²) in [7, 11) is -3.01. The van der Waals surface area contributed by atoms with Crippen LogP contribution in [0.25, 0.3) is 22.2 Å². The Morgan fingerprint density at radius 3 is 2.67 bits per heavy atom. The van der Waals surface area contributed by atoms with E-state index in [-0.39, 0.29) is 18.2 Å². The van der Waals surface area contributed by atoms with Gasteiger partial charge in [-0.15, -0.1) is 0 Å². The molecular formula is C33H32ClFN4O5S. The van der Waals surface area contributed by atoms with Crippen LogP contribution in [0.1, 0.15) is 11.3 Å². The average Bonchev–Trinajstić information content (AvgIpc) is 3.75. The molecule has 1 aliphatic rings. The van der Waals surface area contributed by atoms with Crippen molar-refractivity contribution in [1.29, 1.82) is 0 Å². The smallest absolute Gasteiger partial charge is 0.169 e. The molecule has 0 saturated heterocycles. The maximum absolute atomic E-state index is 13.4. The van der Waals surface area contributed by atoms with Crippen LogP contribution in [0.4, 0.5) is 15.8 Å². The van der Waals surface area contributed by atoms with E-state index in [9.17, 15) is 12.8 Å². The molecule has 3 aromatic carbocycles. The first-order valence-electron chi connectivity index (χ1n) is 14.1. The first-order chi connectivity index (χ1) is 21.7. The first-order valence-corrected chi connectivity index (χ1v) is 16.6. The maximum atomic E-state index is 13.4. The Morgan fingerprint density at radius 2 is 1.93 bits per heavy atom. The molecule has 45 heavy (non-hydrogen) atoms. The van der Waals surface area contributed by atoms with Gasteiger partial charge in [-0.05, 0) is 72.3 Å². The predicted octanol–water partition coefficient (Wildman–Crippen LogP) is 6.79. The van der Waals surface area contributed by atoms with Gasteiger partial charge in [0.25, 0.3) is 0 Å². The molecule has 234 valence electrons. The summed E-state index contributed by atoms with van der Waals surface area (Å²) in [6.07, 6.45) is 4.43. The molecule has 3 heterocycles. The largest absolute Gasteiger partial charge is 0.487 e. The van der Waals surface area contributed by atoms with E-state index < -0.39 is 9.84 Å². The van der Waals surface area contributed by atoms with Crippen molar-refractivity contribution in [1.82, 2.24) is 10.3 Å². The highest BCUT2D eigenvalue weighted by Gasteiger charge is 2.11. The number of aromatic nitrogens is 1. The molecule has 6 rings (SSSR count). The summed E-state index contributed by atoms with van der Waals surface area (Å²) in [6.45, 7) is 2.61. The SMILES string of the molecule is C1=NCCO1.CS(=O)(=O)CCNCc1ccc(-c2ccc3nccc(Nc4ccc(OCc5cccc(F)c5)c(Cl)c4)c3c2)o1. The van der Waals surface area contributed by atoms with Crippen LogP contribution in [0.15, 0.2) is 94.5 Å². The number of furan rings is 1. The lowest BCUT2D eigenvalue weighted by molar-refractivity contribution is 0.306. The zero-order valence-electron chi connectivity index (χ0n) is 24.5. The van der Waals surface area contributed by atoms with Crippen molar-refractivity contribution < 1.29 is 26.7 Å². The molecule has 0 fully saturated rings. The summed E-state index contributed by atoms with van der Waals surface area (Å²) in [5.41, 5.74) is 4.01. The van der Waals surface area contributed by atoms with Crippen LogP contribution in [0.3, 0.4) is 0 Å². The zero-order valence-corrected chi connectivity index (χ0v) is 26.1. The van der Waals surface area contributed by atoms with Gasteiger partial charge in [0.2, 0.25) is 0 Å². The number of nitrogens with zero attached hydrogens (tertiary/aromatic N) is 2. The monoisotopic (exact) mass is 650 g/mol. The Morgan fingerprint density at radius 1 is 1.04 bits per heavy atom. The van der Waals surface area contributed by atoms with Crippen LogP contribution in [0.5, 0.6) is 5.75 Å². The van der Waals surface area contributed by atoms with E-state index >= 15 is 0 Å². The number of aliphatic imine (C=N–C) groups is 1. The van der Waals surface area contributed by atoms with E-state index in [1.54, 1.807) is 30.5 Å². The fourth-order valence-corrected chi connectivity index (χ4v) is 5.16. The van der Waals surface area contributed by atoms with Crippen LogP contribution < -0.4 is 15.4 Å². The van der Waals surface area contributed by atoms with Crippen molar-refractivity contribution in [2.24, 2.45) is 4.99 Å². The van der Waals surface area contributed by atoms with Gasteiger partial charge in [0, 0.05) is 41.3 Å². The highest BCUT2D eigenvalue weighted by molar-refractivity contribution is 7.90. The highest BCUT2D eigenvalue weighted by Crippen LogP contribution is 2.33. The second-order valence-corrected chi connectivity index (χ2v) is 12.9. The predicted molar refractivity (Wildman–Crippen MR) is 176 cm³/mol. The normalized spacial score (nSPS) is 12.4. The number of benzene rings is 3. The Kier molecular flexibility index (Phi) is 10.7. The molecule has 2 aromatic heterocycles. The number of rotatable bonds is 11. The molecule has 0 amide bonds. The number of anilines is 2. The first kappa shape index (κ1) is 32.0. The van der Waals surface area contributed by atoms with Crippen molar-refractivity contribution >= 4 is 50.1 Å².